The Balaban J connectivity index is 2.03. The van der Waals surface area contributed by atoms with E-state index in [9.17, 15) is 0 Å². The smallest absolute Gasteiger partial charge is 0.219 e. The van der Waals surface area contributed by atoms with Crippen molar-refractivity contribution in [3.63, 3.8) is 0 Å². The molecule has 0 atom stereocenters. The van der Waals surface area contributed by atoms with Gasteiger partial charge in [0.2, 0.25) is 5.88 Å². The molecule has 0 aliphatic carbocycles. The summed E-state index contributed by atoms with van der Waals surface area (Å²) in [5.74, 6) is 1.44. The zero-order chi connectivity index (χ0) is 12.1. The van der Waals surface area contributed by atoms with E-state index in [1.165, 1.54) is 0 Å². The molecule has 0 unspecified atom stereocenters. The van der Waals surface area contributed by atoms with Crippen molar-refractivity contribution < 1.29 is 14.2 Å². The topological polar surface area (TPSA) is 79.5 Å². The normalized spacial score (nSPS) is 17.0. The van der Waals surface area contributed by atoms with E-state index in [1.807, 2.05) is 0 Å². The van der Waals surface area contributed by atoms with Crippen LogP contribution in [-0.4, -0.2) is 36.4 Å². The van der Waals surface area contributed by atoms with Crippen LogP contribution in [0.3, 0.4) is 0 Å². The summed E-state index contributed by atoms with van der Waals surface area (Å²) in [5, 5.41) is 0. The Bertz CT molecular complexity index is 367. The second-order valence-corrected chi connectivity index (χ2v) is 3.91. The molecular weight excluding hydrogens is 222 g/mol. The van der Waals surface area contributed by atoms with E-state index in [1.54, 1.807) is 13.2 Å². The zero-order valence-corrected chi connectivity index (χ0v) is 9.89. The average molecular weight is 239 g/mol. The molecule has 0 saturated carbocycles. The summed E-state index contributed by atoms with van der Waals surface area (Å²) >= 11 is 0. The molecule has 17 heavy (non-hydrogen) atoms. The summed E-state index contributed by atoms with van der Waals surface area (Å²) in [5.41, 5.74) is 5.68. The van der Waals surface area contributed by atoms with E-state index >= 15 is 0 Å². The number of anilines is 1. The molecule has 6 heteroatoms. The van der Waals surface area contributed by atoms with E-state index in [4.69, 9.17) is 19.9 Å². The Hall–Kier alpha value is -1.40. The van der Waals surface area contributed by atoms with Gasteiger partial charge >= 0.3 is 0 Å². The van der Waals surface area contributed by atoms with Crippen molar-refractivity contribution in [3.05, 3.63) is 11.9 Å². The molecule has 1 aliphatic rings. The lowest BCUT2D eigenvalue weighted by Crippen LogP contribution is -2.26. The van der Waals surface area contributed by atoms with Gasteiger partial charge in [-0.2, -0.15) is 4.98 Å². The maximum atomic E-state index is 5.76. The zero-order valence-electron chi connectivity index (χ0n) is 9.89. The Morgan fingerprint density at radius 2 is 2.18 bits per heavy atom. The van der Waals surface area contributed by atoms with Gasteiger partial charge in [-0.25, -0.2) is 4.98 Å². The van der Waals surface area contributed by atoms with Crippen molar-refractivity contribution in [1.29, 1.82) is 0 Å². The maximum absolute atomic E-state index is 5.76. The molecule has 0 spiro atoms. The molecule has 0 radical (unpaired) electrons. The highest BCUT2D eigenvalue weighted by atomic mass is 16.5. The van der Waals surface area contributed by atoms with Gasteiger partial charge in [0, 0.05) is 26.0 Å². The number of nitrogens with zero attached hydrogens (tertiary/aromatic N) is 2. The van der Waals surface area contributed by atoms with Crippen LogP contribution in [0.5, 0.6) is 5.88 Å². The van der Waals surface area contributed by atoms with E-state index in [0.29, 0.717) is 24.1 Å². The van der Waals surface area contributed by atoms with Crippen LogP contribution < -0.4 is 10.5 Å². The lowest BCUT2D eigenvalue weighted by atomic mass is 10.2. The Kier molecular flexibility index (Phi) is 4.11. The fourth-order valence-corrected chi connectivity index (χ4v) is 1.71. The third kappa shape index (κ3) is 3.54. The van der Waals surface area contributed by atoms with Gasteiger partial charge in [-0.15, -0.1) is 0 Å². The first-order valence-electron chi connectivity index (χ1n) is 5.64. The number of aromatic nitrogens is 2. The van der Waals surface area contributed by atoms with Gasteiger partial charge in [-0.1, -0.05) is 0 Å². The third-order valence-corrected chi connectivity index (χ3v) is 2.50. The molecular formula is C11H17N3O3. The fraction of sp³-hybridized carbons (Fsp3) is 0.636. The molecule has 2 heterocycles. The SMILES string of the molecule is COCc1nc(N)cc(OC2CCOCC2)n1. The molecule has 1 saturated heterocycles. The van der Waals surface area contributed by atoms with Gasteiger partial charge in [-0.05, 0) is 0 Å². The molecule has 2 rings (SSSR count). The van der Waals surface area contributed by atoms with Crippen molar-refractivity contribution >= 4 is 5.82 Å². The van der Waals surface area contributed by atoms with Crippen LogP contribution in [0, 0.1) is 0 Å². The van der Waals surface area contributed by atoms with Gasteiger partial charge in [0.25, 0.3) is 0 Å². The van der Waals surface area contributed by atoms with E-state index in [2.05, 4.69) is 9.97 Å². The first-order chi connectivity index (χ1) is 8.28. The largest absolute Gasteiger partial charge is 0.474 e. The lowest BCUT2D eigenvalue weighted by molar-refractivity contribution is 0.0234. The Labute approximate surface area is 100 Å². The molecule has 0 amide bonds. The summed E-state index contributed by atoms with van der Waals surface area (Å²) < 4.78 is 16.0. The molecule has 0 bridgehead atoms. The third-order valence-electron chi connectivity index (χ3n) is 2.50. The number of hydrogen-bond acceptors (Lipinski definition) is 6. The van der Waals surface area contributed by atoms with Gasteiger partial charge in [0.1, 0.15) is 18.5 Å². The summed E-state index contributed by atoms with van der Waals surface area (Å²) in [7, 11) is 1.59. The van der Waals surface area contributed by atoms with Crippen LogP contribution in [0.2, 0.25) is 0 Å². The predicted octanol–water partition coefficient (Wildman–Crippen LogP) is 0.763. The molecule has 1 aliphatic heterocycles. The number of hydrogen-bond donors (Lipinski definition) is 1. The number of methoxy groups -OCH3 is 1. The van der Waals surface area contributed by atoms with Crippen LogP contribution in [0.15, 0.2) is 6.07 Å². The van der Waals surface area contributed by atoms with Crippen LogP contribution in [-0.2, 0) is 16.1 Å². The van der Waals surface area contributed by atoms with Gasteiger partial charge < -0.3 is 19.9 Å². The highest BCUT2D eigenvalue weighted by Gasteiger charge is 2.16. The van der Waals surface area contributed by atoms with Crippen molar-refractivity contribution in [1.82, 2.24) is 9.97 Å². The number of rotatable bonds is 4. The molecule has 2 N–H and O–H groups in total. The molecule has 94 valence electrons. The van der Waals surface area contributed by atoms with Gasteiger partial charge in [-0.3, -0.25) is 0 Å². The highest BCUT2D eigenvalue weighted by Crippen LogP contribution is 2.17. The van der Waals surface area contributed by atoms with E-state index < -0.39 is 0 Å². The average Bonchev–Trinajstić information content (AvgIpc) is 2.30. The van der Waals surface area contributed by atoms with Crippen molar-refractivity contribution in [2.24, 2.45) is 0 Å². The maximum Gasteiger partial charge on any atom is 0.219 e. The van der Waals surface area contributed by atoms with Crippen LogP contribution in [0.4, 0.5) is 5.82 Å². The second kappa shape index (κ2) is 5.79. The highest BCUT2D eigenvalue weighted by molar-refractivity contribution is 5.32. The number of nitrogens with two attached hydrogens (primary N) is 1. The fourth-order valence-electron chi connectivity index (χ4n) is 1.71. The molecule has 1 fully saturated rings. The van der Waals surface area contributed by atoms with E-state index in [-0.39, 0.29) is 6.10 Å². The monoisotopic (exact) mass is 239 g/mol. The predicted molar refractivity (Wildman–Crippen MR) is 61.6 cm³/mol. The number of ether oxygens (including phenoxy) is 3. The first kappa shape index (κ1) is 12.1. The van der Waals surface area contributed by atoms with E-state index in [0.717, 1.165) is 26.1 Å². The summed E-state index contributed by atoms with van der Waals surface area (Å²) in [6.45, 7) is 1.79. The quantitative estimate of drug-likeness (QED) is 0.835. The van der Waals surface area contributed by atoms with Crippen LogP contribution in [0.25, 0.3) is 0 Å². The Morgan fingerprint density at radius 3 is 2.88 bits per heavy atom. The van der Waals surface area contributed by atoms with Crippen molar-refractivity contribution in [2.75, 3.05) is 26.1 Å². The summed E-state index contributed by atoms with van der Waals surface area (Å²) in [6.07, 6.45) is 1.90. The van der Waals surface area contributed by atoms with Crippen molar-refractivity contribution in [2.45, 2.75) is 25.6 Å². The summed E-state index contributed by atoms with van der Waals surface area (Å²) in [6, 6.07) is 1.63. The molecule has 1 aromatic heterocycles. The number of nitrogen functional groups attached to an aromatic ring is 1. The molecule has 6 nitrogen and oxygen atoms in total. The standard InChI is InChI=1S/C11H17N3O3/c1-15-7-10-13-9(12)6-11(14-10)17-8-2-4-16-5-3-8/h6,8H,2-5,7H2,1H3,(H2,12,13,14). The lowest BCUT2D eigenvalue weighted by Gasteiger charge is -2.22. The second-order valence-electron chi connectivity index (χ2n) is 3.91. The minimum Gasteiger partial charge on any atom is -0.474 e. The van der Waals surface area contributed by atoms with Crippen molar-refractivity contribution in [3.8, 4) is 5.88 Å². The van der Waals surface area contributed by atoms with Gasteiger partial charge in [0.05, 0.1) is 13.2 Å². The summed E-state index contributed by atoms with van der Waals surface area (Å²) in [4.78, 5) is 8.29. The molecule has 1 aromatic rings. The Morgan fingerprint density at radius 1 is 1.41 bits per heavy atom. The minimum atomic E-state index is 0.147. The first-order valence-corrected chi connectivity index (χ1v) is 5.64. The van der Waals surface area contributed by atoms with Crippen LogP contribution >= 0.6 is 0 Å². The minimum absolute atomic E-state index is 0.147. The van der Waals surface area contributed by atoms with Gasteiger partial charge in [0.15, 0.2) is 5.82 Å². The molecule has 0 aromatic carbocycles. The van der Waals surface area contributed by atoms with Crippen LogP contribution in [0.1, 0.15) is 18.7 Å².